The van der Waals surface area contributed by atoms with Gasteiger partial charge in [-0.05, 0) is 62.3 Å². The molecule has 0 atom stereocenters. The molecule has 25 heavy (non-hydrogen) atoms. The van der Waals surface area contributed by atoms with Crippen LogP contribution < -0.4 is 5.32 Å². The molecule has 0 aliphatic heterocycles. The molecule has 1 N–H and O–H groups in total. The second-order valence-electron chi connectivity index (χ2n) is 8.14. The SMILES string of the molecule is O=C(COC(=O)C12CC3CC(CC(C3)C1)C2)NCc1ccccc1F. The molecular formula is C20H24FNO3. The van der Waals surface area contributed by atoms with E-state index < -0.39 is 0 Å². The summed E-state index contributed by atoms with van der Waals surface area (Å²) in [4.78, 5) is 24.6. The molecule has 0 unspecified atom stereocenters. The molecule has 4 saturated carbocycles. The van der Waals surface area contributed by atoms with Crippen molar-refractivity contribution >= 4 is 11.9 Å². The number of hydrogen-bond acceptors (Lipinski definition) is 3. The Labute approximate surface area is 147 Å². The molecule has 0 saturated heterocycles. The van der Waals surface area contributed by atoms with Crippen LogP contribution in [-0.2, 0) is 20.9 Å². The summed E-state index contributed by atoms with van der Waals surface area (Å²) >= 11 is 0. The van der Waals surface area contributed by atoms with E-state index in [0.717, 1.165) is 19.3 Å². The van der Waals surface area contributed by atoms with Crippen molar-refractivity contribution < 1.29 is 18.7 Å². The minimum atomic E-state index is -0.388. The highest BCUT2D eigenvalue weighted by Gasteiger charge is 2.55. The molecule has 0 spiro atoms. The van der Waals surface area contributed by atoms with Crippen LogP contribution in [0.2, 0.25) is 0 Å². The number of esters is 1. The Morgan fingerprint density at radius 3 is 2.28 bits per heavy atom. The maximum Gasteiger partial charge on any atom is 0.312 e. The molecule has 4 bridgehead atoms. The van der Waals surface area contributed by atoms with Gasteiger partial charge in [0.05, 0.1) is 5.41 Å². The summed E-state index contributed by atoms with van der Waals surface area (Å²) in [7, 11) is 0. The first-order chi connectivity index (χ1) is 12.0. The standard InChI is InChI=1S/C20H24FNO3/c21-17-4-2-1-3-16(17)11-22-18(23)12-25-19(24)20-8-13-5-14(9-20)7-15(6-13)10-20/h1-4,13-15H,5-12H2,(H,22,23). The minimum absolute atomic E-state index is 0.0976. The third kappa shape index (κ3) is 3.29. The van der Waals surface area contributed by atoms with Crippen molar-refractivity contribution in [3.8, 4) is 0 Å². The summed E-state index contributed by atoms with van der Waals surface area (Å²) in [6.45, 7) is -0.185. The molecule has 0 aromatic heterocycles. The van der Waals surface area contributed by atoms with Crippen LogP contribution in [0.25, 0.3) is 0 Å². The number of benzene rings is 1. The number of ether oxygens (including phenoxy) is 1. The molecule has 4 fully saturated rings. The van der Waals surface area contributed by atoms with Gasteiger partial charge in [0.2, 0.25) is 0 Å². The van der Waals surface area contributed by atoms with Crippen molar-refractivity contribution in [1.82, 2.24) is 5.32 Å². The molecule has 0 heterocycles. The maximum atomic E-state index is 13.5. The fourth-order valence-corrected chi connectivity index (χ4v) is 5.53. The maximum absolute atomic E-state index is 13.5. The Morgan fingerprint density at radius 1 is 1.08 bits per heavy atom. The van der Waals surface area contributed by atoms with Gasteiger partial charge < -0.3 is 10.1 Å². The van der Waals surface area contributed by atoms with E-state index >= 15 is 0 Å². The van der Waals surface area contributed by atoms with Gasteiger partial charge in [-0.1, -0.05) is 18.2 Å². The van der Waals surface area contributed by atoms with Crippen molar-refractivity contribution in [1.29, 1.82) is 0 Å². The van der Waals surface area contributed by atoms with Gasteiger partial charge in [0.25, 0.3) is 5.91 Å². The van der Waals surface area contributed by atoms with Crippen molar-refractivity contribution in [2.75, 3.05) is 6.61 Å². The Hall–Kier alpha value is -1.91. The summed E-state index contributed by atoms with van der Waals surface area (Å²) < 4.78 is 18.9. The van der Waals surface area contributed by atoms with E-state index in [1.54, 1.807) is 18.2 Å². The fourth-order valence-electron chi connectivity index (χ4n) is 5.53. The van der Waals surface area contributed by atoms with Crippen LogP contribution in [0.1, 0.15) is 44.1 Å². The minimum Gasteiger partial charge on any atom is -0.455 e. The van der Waals surface area contributed by atoms with Gasteiger partial charge in [-0.2, -0.15) is 0 Å². The largest absolute Gasteiger partial charge is 0.455 e. The highest BCUT2D eigenvalue weighted by atomic mass is 19.1. The predicted molar refractivity (Wildman–Crippen MR) is 89.8 cm³/mol. The highest BCUT2D eigenvalue weighted by Crippen LogP contribution is 2.60. The summed E-state index contributed by atoms with van der Waals surface area (Å²) in [5.41, 5.74) is 0.0730. The number of carbonyl (C=O) groups excluding carboxylic acids is 2. The number of hydrogen-bond donors (Lipinski definition) is 1. The monoisotopic (exact) mass is 345 g/mol. The molecule has 1 aromatic carbocycles. The third-order valence-electron chi connectivity index (χ3n) is 6.24. The van der Waals surface area contributed by atoms with E-state index in [1.807, 2.05) is 0 Å². The van der Waals surface area contributed by atoms with Crippen molar-refractivity contribution in [3.05, 3.63) is 35.6 Å². The fraction of sp³-hybridized carbons (Fsp3) is 0.600. The number of amides is 1. The molecule has 0 radical (unpaired) electrons. The Bertz CT molecular complexity index is 652. The number of rotatable bonds is 5. The average Bonchev–Trinajstić information content (AvgIpc) is 2.57. The number of carbonyl (C=O) groups is 2. The molecule has 5 heteroatoms. The summed E-state index contributed by atoms with van der Waals surface area (Å²) in [5, 5.41) is 2.61. The third-order valence-corrected chi connectivity index (χ3v) is 6.24. The molecule has 4 nitrogen and oxygen atoms in total. The van der Waals surface area contributed by atoms with Gasteiger partial charge in [-0.25, -0.2) is 4.39 Å². The first kappa shape index (κ1) is 16.6. The van der Waals surface area contributed by atoms with Gasteiger partial charge in [-0.3, -0.25) is 9.59 Å². The van der Waals surface area contributed by atoms with Crippen LogP contribution in [0.15, 0.2) is 24.3 Å². The van der Waals surface area contributed by atoms with Crippen molar-refractivity contribution in [2.45, 2.75) is 45.1 Å². The van der Waals surface area contributed by atoms with Gasteiger partial charge in [0.15, 0.2) is 6.61 Å². The van der Waals surface area contributed by atoms with E-state index in [-0.39, 0.29) is 36.3 Å². The van der Waals surface area contributed by atoms with Crippen molar-refractivity contribution in [2.24, 2.45) is 23.2 Å². The van der Waals surface area contributed by atoms with E-state index in [9.17, 15) is 14.0 Å². The van der Waals surface area contributed by atoms with E-state index in [4.69, 9.17) is 4.74 Å². The lowest BCUT2D eigenvalue weighted by atomic mass is 9.49. The van der Waals surface area contributed by atoms with Crippen LogP contribution in [0, 0.1) is 29.0 Å². The molecular weight excluding hydrogens is 321 g/mol. The van der Waals surface area contributed by atoms with Crippen molar-refractivity contribution in [3.63, 3.8) is 0 Å². The Kier molecular flexibility index (Phi) is 4.26. The van der Waals surface area contributed by atoms with Crippen LogP contribution in [0.3, 0.4) is 0 Å². The van der Waals surface area contributed by atoms with Gasteiger partial charge in [0.1, 0.15) is 5.82 Å². The Balaban J connectivity index is 1.29. The van der Waals surface area contributed by atoms with E-state index in [1.165, 1.54) is 25.3 Å². The second-order valence-corrected chi connectivity index (χ2v) is 8.14. The summed E-state index contributed by atoms with van der Waals surface area (Å²) in [6, 6.07) is 6.30. The molecule has 4 aliphatic rings. The molecule has 4 aliphatic carbocycles. The lowest BCUT2D eigenvalue weighted by Crippen LogP contribution is -2.51. The molecule has 1 amide bonds. The zero-order chi connectivity index (χ0) is 17.4. The topological polar surface area (TPSA) is 55.4 Å². The quantitative estimate of drug-likeness (QED) is 0.834. The summed E-state index contributed by atoms with van der Waals surface area (Å²) in [6.07, 6.45) is 6.55. The normalized spacial score (nSPS) is 32.4. The van der Waals surface area contributed by atoms with Gasteiger partial charge >= 0.3 is 5.97 Å². The molecule has 1 aromatic rings. The predicted octanol–water partition coefficient (Wildman–Crippen LogP) is 3.20. The zero-order valence-corrected chi connectivity index (χ0v) is 14.3. The number of halogens is 1. The average molecular weight is 345 g/mol. The highest BCUT2D eigenvalue weighted by molar-refractivity contribution is 5.83. The lowest BCUT2D eigenvalue weighted by Gasteiger charge is -2.55. The van der Waals surface area contributed by atoms with Gasteiger partial charge in [-0.15, -0.1) is 0 Å². The molecule has 134 valence electrons. The second kappa shape index (κ2) is 6.43. The Morgan fingerprint density at radius 2 is 1.68 bits per heavy atom. The lowest BCUT2D eigenvalue weighted by molar-refractivity contribution is -0.173. The van der Waals surface area contributed by atoms with Crippen LogP contribution in [0.4, 0.5) is 4.39 Å². The van der Waals surface area contributed by atoms with Gasteiger partial charge in [0, 0.05) is 12.1 Å². The van der Waals surface area contributed by atoms with Crippen LogP contribution >= 0.6 is 0 Å². The number of nitrogens with one attached hydrogen (secondary N) is 1. The van der Waals surface area contributed by atoms with E-state index in [2.05, 4.69) is 5.32 Å². The first-order valence-corrected chi connectivity index (χ1v) is 9.21. The molecule has 5 rings (SSSR count). The van der Waals surface area contributed by atoms with Crippen LogP contribution in [0.5, 0.6) is 0 Å². The van der Waals surface area contributed by atoms with E-state index in [0.29, 0.717) is 23.3 Å². The first-order valence-electron chi connectivity index (χ1n) is 9.21. The smallest absolute Gasteiger partial charge is 0.312 e. The zero-order valence-electron chi connectivity index (χ0n) is 14.3. The summed E-state index contributed by atoms with van der Waals surface area (Å²) in [5.74, 6) is 1.04. The van der Waals surface area contributed by atoms with Crippen LogP contribution in [-0.4, -0.2) is 18.5 Å².